The van der Waals surface area contributed by atoms with Crippen LogP contribution in [0.25, 0.3) is 0 Å². The first-order chi connectivity index (χ1) is 11.3. The summed E-state index contributed by atoms with van der Waals surface area (Å²) in [7, 11) is -3.91. The van der Waals surface area contributed by atoms with Crippen LogP contribution in [0.2, 0.25) is 0 Å². The first kappa shape index (κ1) is 18.0. The molecule has 0 aliphatic carbocycles. The van der Waals surface area contributed by atoms with Crippen molar-refractivity contribution in [3.8, 4) is 0 Å². The summed E-state index contributed by atoms with van der Waals surface area (Å²) in [6, 6.07) is 11.1. The van der Waals surface area contributed by atoms with Crippen molar-refractivity contribution in [3.63, 3.8) is 0 Å². The molecule has 0 heterocycles. The minimum atomic E-state index is -3.91. The highest BCUT2D eigenvalue weighted by molar-refractivity contribution is 7.92. The number of aromatic carboxylic acids is 1. The number of benzene rings is 2. The Morgan fingerprint density at radius 3 is 2.50 bits per heavy atom. The quantitative estimate of drug-likeness (QED) is 0.871. The SMILES string of the molecule is CC[C@@H](C)c1ccccc1NS(=O)(=O)c1cc(C(=O)[O-])ccc1C. The predicted octanol–water partition coefficient (Wildman–Crippen LogP) is 2.67. The highest BCUT2D eigenvalue weighted by Crippen LogP contribution is 2.29. The number of carbonyl (C=O) groups excluding carboxylic acids is 1. The van der Waals surface area contributed by atoms with Gasteiger partial charge in [-0.15, -0.1) is 0 Å². The second kappa shape index (κ2) is 7.05. The van der Waals surface area contributed by atoms with E-state index in [0.717, 1.165) is 18.1 Å². The summed E-state index contributed by atoms with van der Waals surface area (Å²) in [4.78, 5) is 10.9. The Hall–Kier alpha value is -2.34. The molecule has 128 valence electrons. The maximum atomic E-state index is 12.7. The van der Waals surface area contributed by atoms with Gasteiger partial charge in [0.15, 0.2) is 0 Å². The summed E-state index contributed by atoms with van der Waals surface area (Å²) < 4.78 is 28.1. The van der Waals surface area contributed by atoms with Gasteiger partial charge in [-0.05, 0) is 48.1 Å². The minimum absolute atomic E-state index is 0.0665. The molecule has 0 aliphatic heterocycles. The van der Waals surface area contributed by atoms with Crippen molar-refractivity contribution in [2.75, 3.05) is 4.72 Å². The van der Waals surface area contributed by atoms with E-state index in [1.165, 1.54) is 12.1 Å². The fourth-order valence-corrected chi connectivity index (χ4v) is 3.82. The number of nitrogens with one attached hydrogen (secondary N) is 1. The molecule has 6 heteroatoms. The van der Waals surface area contributed by atoms with Crippen LogP contribution >= 0.6 is 0 Å². The summed E-state index contributed by atoms with van der Waals surface area (Å²) in [5, 5.41) is 11.0. The van der Waals surface area contributed by atoms with Gasteiger partial charge in [0.1, 0.15) is 0 Å². The number of para-hydroxylation sites is 1. The molecule has 0 amide bonds. The molecule has 2 rings (SSSR count). The molecule has 0 saturated carbocycles. The third-order valence-electron chi connectivity index (χ3n) is 4.06. The number of carbonyl (C=O) groups is 1. The van der Waals surface area contributed by atoms with E-state index in [-0.39, 0.29) is 16.4 Å². The molecule has 2 aromatic rings. The van der Waals surface area contributed by atoms with Crippen molar-refractivity contribution in [3.05, 3.63) is 59.2 Å². The molecule has 0 fully saturated rings. The van der Waals surface area contributed by atoms with Crippen LogP contribution in [-0.4, -0.2) is 14.4 Å². The van der Waals surface area contributed by atoms with Crippen molar-refractivity contribution in [2.24, 2.45) is 0 Å². The van der Waals surface area contributed by atoms with Crippen LogP contribution in [0.5, 0.6) is 0 Å². The highest BCUT2D eigenvalue weighted by atomic mass is 32.2. The summed E-state index contributed by atoms with van der Waals surface area (Å²) in [5.41, 5.74) is 1.70. The molecule has 1 atom stereocenters. The second-order valence-electron chi connectivity index (χ2n) is 5.77. The number of hydrogen-bond donors (Lipinski definition) is 1. The van der Waals surface area contributed by atoms with Gasteiger partial charge >= 0.3 is 0 Å². The maximum absolute atomic E-state index is 12.7. The summed E-state index contributed by atoms with van der Waals surface area (Å²) >= 11 is 0. The van der Waals surface area contributed by atoms with Crippen LogP contribution in [0.15, 0.2) is 47.4 Å². The van der Waals surface area contributed by atoms with Gasteiger partial charge < -0.3 is 9.90 Å². The Balaban J connectivity index is 2.47. The third kappa shape index (κ3) is 3.76. The first-order valence-electron chi connectivity index (χ1n) is 7.70. The van der Waals surface area contributed by atoms with Gasteiger partial charge in [0.05, 0.1) is 16.6 Å². The second-order valence-corrected chi connectivity index (χ2v) is 7.42. The average molecular weight is 346 g/mol. The lowest BCUT2D eigenvalue weighted by Crippen LogP contribution is -2.23. The van der Waals surface area contributed by atoms with Crippen LogP contribution in [0, 0.1) is 6.92 Å². The molecule has 0 radical (unpaired) electrons. The number of hydrogen-bond acceptors (Lipinski definition) is 4. The van der Waals surface area contributed by atoms with Crippen LogP contribution in [-0.2, 0) is 10.0 Å². The Morgan fingerprint density at radius 2 is 1.88 bits per heavy atom. The Labute approximate surface area is 142 Å². The fourth-order valence-electron chi connectivity index (χ4n) is 2.46. The molecule has 0 aliphatic rings. The van der Waals surface area contributed by atoms with Crippen molar-refractivity contribution in [1.29, 1.82) is 0 Å². The normalized spacial score (nSPS) is 12.6. The smallest absolute Gasteiger partial charge is 0.262 e. The Morgan fingerprint density at radius 1 is 1.21 bits per heavy atom. The number of carboxylic acids is 1. The van der Waals surface area contributed by atoms with E-state index in [1.807, 2.05) is 26.0 Å². The zero-order valence-electron chi connectivity index (χ0n) is 13.9. The number of carboxylic acid groups (broad SMARTS) is 1. The highest BCUT2D eigenvalue weighted by Gasteiger charge is 2.20. The lowest BCUT2D eigenvalue weighted by atomic mass is 9.97. The fraction of sp³-hybridized carbons (Fsp3) is 0.278. The molecule has 0 aromatic heterocycles. The zero-order chi connectivity index (χ0) is 17.9. The van der Waals surface area contributed by atoms with E-state index in [2.05, 4.69) is 4.72 Å². The molecule has 24 heavy (non-hydrogen) atoms. The summed E-state index contributed by atoms with van der Waals surface area (Å²) in [6.45, 7) is 5.67. The van der Waals surface area contributed by atoms with E-state index in [0.29, 0.717) is 11.3 Å². The molecule has 0 saturated heterocycles. The predicted molar refractivity (Wildman–Crippen MR) is 91.5 cm³/mol. The number of rotatable bonds is 6. The summed E-state index contributed by atoms with van der Waals surface area (Å²) in [5.74, 6) is -1.22. The van der Waals surface area contributed by atoms with E-state index < -0.39 is 16.0 Å². The monoisotopic (exact) mass is 346 g/mol. The number of aryl methyl sites for hydroxylation is 1. The van der Waals surface area contributed by atoms with Crippen LogP contribution in [0.3, 0.4) is 0 Å². The van der Waals surface area contributed by atoms with Crippen LogP contribution in [0.1, 0.15) is 47.7 Å². The van der Waals surface area contributed by atoms with E-state index in [1.54, 1.807) is 19.1 Å². The molecule has 2 aromatic carbocycles. The topological polar surface area (TPSA) is 86.3 Å². The van der Waals surface area contributed by atoms with Crippen LogP contribution < -0.4 is 9.83 Å². The van der Waals surface area contributed by atoms with Gasteiger partial charge in [-0.25, -0.2) is 8.42 Å². The van der Waals surface area contributed by atoms with E-state index in [9.17, 15) is 18.3 Å². The van der Waals surface area contributed by atoms with Crippen LogP contribution in [0.4, 0.5) is 5.69 Å². The molecular weight excluding hydrogens is 326 g/mol. The number of sulfonamides is 1. The lowest BCUT2D eigenvalue weighted by Gasteiger charge is -2.17. The minimum Gasteiger partial charge on any atom is -0.545 e. The van der Waals surface area contributed by atoms with Gasteiger partial charge in [0.25, 0.3) is 10.0 Å². The molecular formula is C18H20NO4S-. The molecule has 0 bridgehead atoms. The third-order valence-corrected chi connectivity index (χ3v) is 5.57. The maximum Gasteiger partial charge on any atom is 0.262 e. The zero-order valence-corrected chi connectivity index (χ0v) is 14.7. The van der Waals surface area contributed by atoms with Crippen molar-refractivity contribution < 1.29 is 18.3 Å². The molecule has 0 spiro atoms. The summed E-state index contributed by atoms with van der Waals surface area (Å²) in [6.07, 6.45) is 0.873. The Kier molecular flexibility index (Phi) is 5.29. The van der Waals surface area contributed by atoms with Crippen molar-refractivity contribution in [2.45, 2.75) is 38.0 Å². The van der Waals surface area contributed by atoms with Crippen molar-refractivity contribution in [1.82, 2.24) is 0 Å². The van der Waals surface area contributed by atoms with Gasteiger partial charge in [-0.2, -0.15) is 0 Å². The Bertz CT molecular complexity index is 859. The molecule has 5 nitrogen and oxygen atoms in total. The van der Waals surface area contributed by atoms with Gasteiger partial charge in [-0.3, -0.25) is 4.72 Å². The lowest BCUT2D eigenvalue weighted by molar-refractivity contribution is -0.255. The van der Waals surface area contributed by atoms with Gasteiger partial charge in [-0.1, -0.05) is 44.2 Å². The molecule has 1 N–H and O–H groups in total. The largest absolute Gasteiger partial charge is 0.545 e. The number of anilines is 1. The van der Waals surface area contributed by atoms with Gasteiger partial charge in [0, 0.05) is 0 Å². The van der Waals surface area contributed by atoms with E-state index >= 15 is 0 Å². The van der Waals surface area contributed by atoms with Gasteiger partial charge in [0.2, 0.25) is 0 Å². The molecule has 0 unspecified atom stereocenters. The first-order valence-corrected chi connectivity index (χ1v) is 9.18. The van der Waals surface area contributed by atoms with E-state index in [4.69, 9.17) is 0 Å². The van der Waals surface area contributed by atoms with Crippen molar-refractivity contribution >= 4 is 21.7 Å². The standard InChI is InChI=1S/C18H21NO4S/c1-4-12(2)15-7-5-6-8-16(15)19-24(22,23)17-11-14(18(20)21)10-9-13(17)3/h5-12,19H,4H2,1-3H3,(H,20,21)/p-1/t12-/m1/s1. The average Bonchev–Trinajstić information content (AvgIpc) is 2.54.